The lowest BCUT2D eigenvalue weighted by Gasteiger charge is -2.32. The lowest BCUT2D eigenvalue weighted by molar-refractivity contribution is 0.154. The van der Waals surface area contributed by atoms with E-state index in [0.717, 1.165) is 25.3 Å². The van der Waals surface area contributed by atoms with Gasteiger partial charge in [-0.3, -0.25) is 4.90 Å². The summed E-state index contributed by atoms with van der Waals surface area (Å²) in [6.07, 6.45) is 3.38. The van der Waals surface area contributed by atoms with Gasteiger partial charge in [0.05, 0.1) is 5.69 Å². The number of likely N-dealkylation sites (N-methyl/N-ethyl adjacent to an activating group) is 1. The van der Waals surface area contributed by atoms with Gasteiger partial charge in [-0.1, -0.05) is 0 Å². The number of nitrogens with one attached hydrogen (secondary N) is 1. The second kappa shape index (κ2) is 6.64. The van der Waals surface area contributed by atoms with Gasteiger partial charge in [0.25, 0.3) is 0 Å². The van der Waals surface area contributed by atoms with Gasteiger partial charge in [0.2, 0.25) is 0 Å². The number of rotatable bonds is 5. The molecule has 0 radical (unpaired) electrons. The molecule has 0 aliphatic carbocycles. The summed E-state index contributed by atoms with van der Waals surface area (Å²) in [5.41, 5.74) is 1.05. The van der Waals surface area contributed by atoms with Crippen LogP contribution >= 0.6 is 0 Å². The highest BCUT2D eigenvalue weighted by Crippen LogP contribution is 1.97. The Balaban J connectivity index is 1.57. The Kier molecular flexibility index (Phi) is 4.85. The summed E-state index contributed by atoms with van der Waals surface area (Å²) in [6.45, 7) is 7.72. The molecule has 1 aliphatic heterocycles. The van der Waals surface area contributed by atoms with Crippen molar-refractivity contribution in [2.45, 2.75) is 6.54 Å². The maximum atomic E-state index is 4.18. The minimum absolute atomic E-state index is 0.830. The van der Waals surface area contributed by atoms with E-state index >= 15 is 0 Å². The van der Waals surface area contributed by atoms with Crippen LogP contribution in [0.3, 0.4) is 0 Å². The summed E-state index contributed by atoms with van der Waals surface area (Å²) < 4.78 is 0. The molecular weight excluding hydrogens is 214 g/mol. The Hall–Kier alpha value is -1.04. The van der Waals surface area contributed by atoms with Crippen LogP contribution in [-0.4, -0.2) is 66.1 Å². The predicted octanol–water partition coefficient (Wildman–Crippen LogP) is -0.186. The van der Waals surface area contributed by atoms with Gasteiger partial charge in [-0.2, -0.15) is 0 Å². The highest BCUT2D eigenvalue weighted by atomic mass is 15.2. The SMILES string of the molecule is CN1CCN(CCNCc2ccncn2)CC1. The van der Waals surface area contributed by atoms with Crippen molar-refractivity contribution in [2.75, 3.05) is 46.3 Å². The molecule has 1 fully saturated rings. The molecule has 5 nitrogen and oxygen atoms in total. The Morgan fingerprint density at radius 2 is 2.12 bits per heavy atom. The summed E-state index contributed by atoms with van der Waals surface area (Å²) >= 11 is 0. The van der Waals surface area contributed by atoms with E-state index in [4.69, 9.17) is 0 Å². The number of nitrogens with zero attached hydrogens (tertiary/aromatic N) is 4. The van der Waals surface area contributed by atoms with Gasteiger partial charge in [0, 0.05) is 52.0 Å². The number of piperazine rings is 1. The molecule has 2 rings (SSSR count). The van der Waals surface area contributed by atoms with Crippen molar-refractivity contribution in [2.24, 2.45) is 0 Å². The van der Waals surface area contributed by atoms with Crippen molar-refractivity contribution in [3.05, 3.63) is 24.3 Å². The van der Waals surface area contributed by atoms with E-state index < -0.39 is 0 Å². The Morgan fingerprint density at radius 3 is 2.82 bits per heavy atom. The topological polar surface area (TPSA) is 44.3 Å². The molecule has 94 valence electrons. The smallest absolute Gasteiger partial charge is 0.115 e. The molecule has 17 heavy (non-hydrogen) atoms. The molecule has 0 spiro atoms. The van der Waals surface area contributed by atoms with E-state index in [9.17, 15) is 0 Å². The zero-order valence-corrected chi connectivity index (χ0v) is 10.5. The standard InChI is InChI=1S/C12H21N5/c1-16-6-8-17(9-7-16)5-4-13-10-12-2-3-14-11-15-12/h2-3,11,13H,4-10H2,1H3. The molecule has 0 aromatic carbocycles. The van der Waals surface area contributed by atoms with Gasteiger partial charge in [-0.25, -0.2) is 9.97 Å². The fraction of sp³-hybridized carbons (Fsp3) is 0.667. The third-order valence-corrected chi connectivity index (χ3v) is 3.15. The first kappa shape index (κ1) is 12.4. The Bertz CT molecular complexity index is 308. The molecule has 0 saturated carbocycles. The first-order valence-corrected chi connectivity index (χ1v) is 6.21. The van der Waals surface area contributed by atoms with Crippen LogP contribution in [0, 0.1) is 0 Å². The van der Waals surface area contributed by atoms with E-state index in [0.29, 0.717) is 0 Å². The summed E-state index contributed by atoms with van der Waals surface area (Å²) in [5.74, 6) is 0. The second-order valence-corrected chi connectivity index (χ2v) is 4.52. The van der Waals surface area contributed by atoms with E-state index in [1.165, 1.54) is 26.2 Å². The molecule has 1 aromatic rings. The maximum absolute atomic E-state index is 4.18. The molecular formula is C12H21N5. The highest BCUT2D eigenvalue weighted by molar-refractivity contribution is 4.96. The second-order valence-electron chi connectivity index (χ2n) is 4.52. The maximum Gasteiger partial charge on any atom is 0.115 e. The average Bonchev–Trinajstić information content (AvgIpc) is 2.38. The zero-order chi connectivity index (χ0) is 11.9. The Labute approximate surface area is 103 Å². The summed E-state index contributed by atoms with van der Waals surface area (Å²) in [6, 6.07) is 1.95. The zero-order valence-electron chi connectivity index (χ0n) is 10.5. The minimum atomic E-state index is 0.830. The predicted molar refractivity (Wildman–Crippen MR) is 67.7 cm³/mol. The molecule has 1 aromatic heterocycles. The van der Waals surface area contributed by atoms with Crippen molar-refractivity contribution < 1.29 is 0 Å². The molecule has 2 heterocycles. The van der Waals surface area contributed by atoms with Crippen LogP contribution in [0.4, 0.5) is 0 Å². The van der Waals surface area contributed by atoms with Gasteiger partial charge in [-0.15, -0.1) is 0 Å². The van der Waals surface area contributed by atoms with Gasteiger partial charge >= 0.3 is 0 Å². The largest absolute Gasteiger partial charge is 0.310 e. The fourth-order valence-electron chi connectivity index (χ4n) is 1.95. The molecule has 0 bridgehead atoms. The molecule has 1 N–H and O–H groups in total. The van der Waals surface area contributed by atoms with Gasteiger partial charge in [-0.05, 0) is 13.1 Å². The molecule has 0 unspecified atom stereocenters. The van der Waals surface area contributed by atoms with Crippen LogP contribution in [0.15, 0.2) is 18.6 Å². The van der Waals surface area contributed by atoms with E-state index in [1.54, 1.807) is 12.5 Å². The molecule has 1 aliphatic rings. The van der Waals surface area contributed by atoms with Crippen molar-refractivity contribution in [1.82, 2.24) is 25.1 Å². The van der Waals surface area contributed by atoms with E-state index in [2.05, 4.69) is 32.1 Å². The van der Waals surface area contributed by atoms with Crippen LogP contribution in [-0.2, 0) is 6.54 Å². The third kappa shape index (κ3) is 4.38. The molecule has 0 atom stereocenters. The lowest BCUT2D eigenvalue weighted by Crippen LogP contribution is -2.46. The number of hydrogen-bond donors (Lipinski definition) is 1. The van der Waals surface area contributed by atoms with Gasteiger partial charge in [0.1, 0.15) is 6.33 Å². The van der Waals surface area contributed by atoms with Crippen LogP contribution < -0.4 is 5.32 Å². The monoisotopic (exact) mass is 235 g/mol. The van der Waals surface area contributed by atoms with Crippen molar-refractivity contribution in [3.63, 3.8) is 0 Å². The van der Waals surface area contributed by atoms with Crippen molar-refractivity contribution in [3.8, 4) is 0 Å². The normalized spacial score (nSPS) is 18.4. The molecule has 0 amide bonds. The van der Waals surface area contributed by atoms with E-state index in [-0.39, 0.29) is 0 Å². The fourth-order valence-corrected chi connectivity index (χ4v) is 1.95. The molecule has 1 saturated heterocycles. The Morgan fingerprint density at radius 1 is 1.29 bits per heavy atom. The van der Waals surface area contributed by atoms with Crippen LogP contribution in [0.2, 0.25) is 0 Å². The van der Waals surface area contributed by atoms with Crippen molar-refractivity contribution in [1.29, 1.82) is 0 Å². The third-order valence-electron chi connectivity index (χ3n) is 3.15. The lowest BCUT2D eigenvalue weighted by atomic mass is 10.3. The van der Waals surface area contributed by atoms with Gasteiger partial charge < -0.3 is 10.2 Å². The molecule has 5 heteroatoms. The van der Waals surface area contributed by atoms with Crippen LogP contribution in [0.25, 0.3) is 0 Å². The van der Waals surface area contributed by atoms with Crippen LogP contribution in [0.5, 0.6) is 0 Å². The summed E-state index contributed by atoms with van der Waals surface area (Å²) in [7, 11) is 2.19. The van der Waals surface area contributed by atoms with Gasteiger partial charge in [0.15, 0.2) is 0 Å². The average molecular weight is 235 g/mol. The number of hydrogen-bond acceptors (Lipinski definition) is 5. The minimum Gasteiger partial charge on any atom is -0.310 e. The first-order valence-electron chi connectivity index (χ1n) is 6.21. The summed E-state index contributed by atoms with van der Waals surface area (Å²) in [4.78, 5) is 13.0. The van der Waals surface area contributed by atoms with Crippen molar-refractivity contribution >= 4 is 0 Å². The quantitative estimate of drug-likeness (QED) is 0.717. The highest BCUT2D eigenvalue weighted by Gasteiger charge is 2.12. The van der Waals surface area contributed by atoms with E-state index in [1.807, 2.05) is 6.07 Å². The number of aromatic nitrogens is 2. The summed E-state index contributed by atoms with van der Waals surface area (Å²) in [5, 5.41) is 3.41. The van der Waals surface area contributed by atoms with Crippen LogP contribution in [0.1, 0.15) is 5.69 Å². The first-order chi connectivity index (χ1) is 8.34.